The summed E-state index contributed by atoms with van der Waals surface area (Å²) in [6, 6.07) is 4.56. The van der Waals surface area contributed by atoms with Gasteiger partial charge in [-0.3, -0.25) is 4.79 Å². The SMILES string of the molecule is NCCCCC(=O)Nc1cc(Br)cc(C(=O)O)c1. The molecular weight excluding hydrogens is 300 g/mol. The molecular formula is C12H15BrN2O3. The van der Waals surface area contributed by atoms with Gasteiger partial charge in [0, 0.05) is 16.6 Å². The Labute approximate surface area is 113 Å². The van der Waals surface area contributed by atoms with Crippen LogP contribution >= 0.6 is 15.9 Å². The summed E-state index contributed by atoms with van der Waals surface area (Å²) in [4.78, 5) is 22.4. The van der Waals surface area contributed by atoms with Gasteiger partial charge < -0.3 is 16.2 Å². The maximum atomic E-state index is 11.6. The van der Waals surface area contributed by atoms with E-state index in [0.29, 0.717) is 23.1 Å². The predicted molar refractivity (Wildman–Crippen MR) is 72.6 cm³/mol. The zero-order chi connectivity index (χ0) is 13.5. The van der Waals surface area contributed by atoms with Gasteiger partial charge in [0.15, 0.2) is 0 Å². The third-order valence-corrected chi connectivity index (χ3v) is 2.74. The number of amides is 1. The number of carboxylic acid groups (broad SMARTS) is 1. The van der Waals surface area contributed by atoms with Crippen molar-refractivity contribution in [1.82, 2.24) is 0 Å². The van der Waals surface area contributed by atoms with E-state index in [4.69, 9.17) is 10.8 Å². The van der Waals surface area contributed by atoms with Crippen molar-refractivity contribution in [2.45, 2.75) is 19.3 Å². The second kappa shape index (κ2) is 7.13. The number of anilines is 1. The van der Waals surface area contributed by atoms with Gasteiger partial charge >= 0.3 is 5.97 Å². The fourth-order valence-electron chi connectivity index (χ4n) is 1.44. The van der Waals surface area contributed by atoms with E-state index in [9.17, 15) is 9.59 Å². The van der Waals surface area contributed by atoms with Gasteiger partial charge in [0.1, 0.15) is 0 Å². The number of hydrogen-bond donors (Lipinski definition) is 3. The second-order valence-corrected chi connectivity index (χ2v) is 4.74. The lowest BCUT2D eigenvalue weighted by Crippen LogP contribution is -2.12. The molecule has 0 aliphatic rings. The van der Waals surface area contributed by atoms with E-state index in [1.54, 1.807) is 6.07 Å². The molecule has 0 saturated heterocycles. The number of aromatic carboxylic acids is 1. The summed E-state index contributed by atoms with van der Waals surface area (Å²) in [5.41, 5.74) is 5.94. The number of carbonyl (C=O) groups is 2. The van der Waals surface area contributed by atoms with E-state index in [-0.39, 0.29) is 11.5 Å². The molecule has 1 aromatic carbocycles. The Morgan fingerprint density at radius 1 is 1.28 bits per heavy atom. The molecule has 4 N–H and O–H groups in total. The smallest absolute Gasteiger partial charge is 0.335 e. The second-order valence-electron chi connectivity index (χ2n) is 3.83. The first-order chi connectivity index (χ1) is 8.52. The first-order valence-electron chi connectivity index (χ1n) is 5.56. The van der Waals surface area contributed by atoms with Gasteiger partial charge in [-0.25, -0.2) is 4.79 Å². The predicted octanol–water partition coefficient (Wildman–Crippen LogP) is 2.21. The van der Waals surface area contributed by atoms with E-state index >= 15 is 0 Å². The molecule has 0 radical (unpaired) electrons. The summed E-state index contributed by atoms with van der Waals surface area (Å²) in [6.45, 7) is 0.563. The van der Waals surface area contributed by atoms with Crippen LogP contribution in [0.25, 0.3) is 0 Å². The zero-order valence-electron chi connectivity index (χ0n) is 9.78. The molecule has 0 saturated carbocycles. The highest BCUT2D eigenvalue weighted by Gasteiger charge is 2.08. The summed E-state index contributed by atoms with van der Waals surface area (Å²) in [5, 5.41) is 11.6. The first kappa shape index (κ1) is 14.7. The van der Waals surface area contributed by atoms with E-state index < -0.39 is 5.97 Å². The average Bonchev–Trinajstić information content (AvgIpc) is 2.28. The van der Waals surface area contributed by atoms with Crippen LogP contribution in [0, 0.1) is 0 Å². The van der Waals surface area contributed by atoms with E-state index in [0.717, 1.165) is 12.8 Å². The molecule has 0 bridgehead atoms. The van der Waals surface area contributed by atoms with Crippen molar-refractivity contribution >= 4 is 33.5 Å². The summed E-state index contributed by atoms with van der Waals surface area (Å²) in [6.07, 6.45) is 1.90. The molecule has 5 nitrogen and oxygen atoms in total. The van der Waals surface area contributed by atoms with Crippen molar-refractivity contribution in [2.24, 2.45) is 5.73 Å². The van der Waals surface area contributed by atoms with Gasteiger partial charge in [-0.2, -0.15) is 0 Å². The number of unbranched alkanes of at least 4 members (excludes halogenated alkanes) is 1. The van der Waals surface area contributed by atoms with Crippen molar-refractivity contribution in [3.05, 3.63) is 28.2 Å². The van der Waals surface area contributed by atoms with Gasteiger partial charge in [0.05, 0.1) is 5.56 Å². The van der Waals surface area contributed by atoms with E-state index in [1.165, 1.54) is 12.1 Å². The molecule has 0 atom stereocenters. The number of carbonyl (C=O) groups excluding carboxylic acids is 1. The minimum absolute atomic E-state index is 0.127. The fraction of sp³-hybridized carbons (Fsp3) is 0.333. The molecule has 0 aliphatic heterocycles. The van der Waals surface area contributed by atoms with Crippen LogP contribution in [0.5, 0.6) is 0 Å². The largest absolute Gasteiger partial charge is 0.478 e. The quantitative estimate of drug-likeness (QED) is 0.702. The molecule has 1 aromatic rings. The lowest BCUT2D eigenvalue weighted by molar-refractivity contribution is -0.116. The van der Waals surface area contributed by atoms with Gasteiger partial charge in [0.25, 0.3) is 0 Å². The highest BCUT2D eigenvalue weighted by Crippen LogP contribution is 2.20. The Morgan fingerprint density at radius 2 is 2.00 bits per heavy atom. The molecule has 98 valence electrons. The van der Waals surface area contributed by atoms with Crippen molar-refractivity contribution in [3.8, 4) is 0 Å². The van der Waals surface area contributed by atoms with Gasteiger partial charge in [-0.1, -0.05) is 15.9 Å². The van der Waals surface area contributed by atoms with Gasteiger partial charge in [-0.15, -0.1) is 0 Å². The van der Waals surface area contributed by atoms with Crippen molar-refractivity contribution in [3.63, 3.8) is 0 Å². The van der Waals surface area contributed by atoms with Crippen LogP contribution in [0.4, 0.5) is 5.69 Å². The highest BCUT2D eigenvalue weighted by molar-refractivity contribution is 9.10. The lowest BCUT2D eigenvalue weighted by Gasteiger charge is -2.07. The third kappa shape index (κ3) is 4.85. The van der Waals surface area contributed by atoms with Crippen molar-refractivity contribution in [2.75, 3.05) is 11.9 Å². The molecule has 0 aromatic heterocycles. The molecule has 6 heteroatoms. The Balaban J connectivity index is 2.66. The number of halogens is 1. The van der Waals surface area contributed by atoms with Crippen LogP contribution in [0.3, 0.4) is 0 Å². The number of hydrogen-bond acceptors (Lipinski definition) is 3. The van der Waals surface area contributed by atoms with E-state index in [2.05, 4.69) is 21.2 Å². The standard InChI is InChI=1S/C12H15BrN2O3/c13-9-5-8(12(17)18)6-10(7-9)15-11(16)3-1-2-4-14/h5-7H,1-4,14H2,(H,15,16)(H,17,18). The van der Waals surface area contributed by atoms with Crippen LogP contribution in [-0.2, 0) is 4.79 Å². The average molecular weight is 315 g/mol. The van der Waals surface area contributed by atoms with Crippen molar-refractivity contribution < 1.29 is 14.7 Å². The number of carboxylic acids is 1. The van der Waals surface area contributed by atoms with Crippen LogP contribution in [0.1, 0.15) is 29.6 Å². The Hall–Kier alpha value is -1.40. The topological polar surface area (TPSA) is 92.4 Å². The third-order valence-electron chi connectivity index (χ3n) is 2.29. The normalized spacial score (nSPS) is 10.1. The zero-order valence-corrected chi connectivity index (χ0v) is 11.4. The minimum Gasteiger partial charge on any atom is -0.478 e. The molecule has 0 heterocycles. The fourth-order valence-corrected chi connectivity index (χ4v) is 1.93. The Kier molecular flexibility index (Phi) is 5.80. The first-order valence-corrected chi connectivity index (χ1v) is 6.36. The summed E-state index contributed by atoms with van der Waals surface area (Å²) in [5.74, 6) is -1.17. The maximum Gasteiger partial charge on any atom is 0.335 e. The summed E-state index contributed by atoms with van der Waals surface area (Å²) >= 11 is 3.20. The molecule has 0 unspecified atom stereocenters. The van der Waals surface area contributed by atoms with Crippen LogP contribution in [-0.4, -0.2) is 23.5 Å². The number of nitrogens with one attached hydrogen (secondary N) is 1. The van der Waals surface area contributed by atoms with Crippen LogP contribution in [0.15, 0.2) is 22.7 Å². The van der Waals surface area contributed by atoms with Gasteiger partial charge in [-0.05, 0) is 37.6 Å². The number of benzene rings is 1. The molecule has 0 spiro atoms. The molecule has 0 aliphatic carbocycles. The monoisotopic (exact) mass is 314 g/mol. The molecule has 1 rings (SSSR count). The van der Waals surface area contributed by atoms with E-state index in [1.807, 2.05) is 0 Å². The summed E-state index contributed by atoms with van der Waals surface area (Å²) in [7, 11) is 0. The van der Waals surface area contributed by atoms with Crippen molar-refractivity contribution in [1.29, 1.82) is 0 Å². The highest BCUT2D eigenvalue weighted by atomic mass is 79.9. The molecule has 0 fully saturated rings. The Bertz CT molecular complexity index is 449. The van der Waals surface area contributed by atoms with Crippen LogP contribution < -0.4 is 11.1 Å². The van der Waals surface area contributed by atoms with Gasteiger partial charge in [0.2, 0.25) is 5.91 Å². The molecule has 18 heavy (non-hydrogen) atoms. The number of rotatable bonds is 6. The summed E-state index contributed by atoms with van der Waals surface area (Å²) < 4.78 is 0.611. The number of nitrogens with two attached hydrogens (primary N) is 1. The Morgan fingerprint density at radius 3 is 2.61 bits per heavy atom. The minimum atomic E-state index is -1.03. The lowest BCUT2D eigenvalue weighted by atomic mass is 10.2. The molecule has 1 amide bonds. The van der Waals surface area contributed by atoms with Crippen LogP contribution in [0.2, 0.25) is 0 Å². The maximum absolute atomic E-state index is 11.6.